The van der Waals surface area contributed by atoms with Crippen LogP contribution in [0.1, 0.15) is 0 Å². The van der Waals surface area contributed by atoms with Crippen LogP contribution in [0.4, 0.5) is 4.79 Å². The van der Waals surface area contributed by atoms with Crippen molar-refractivity contribution in [2.75, 3.05) is 26.8 Å². The zero-order valence-corrected chi connectivity index (χ0v) is 13.2. The SMILES string of the molecule is COCCNC(=O)NCCn1nc(-c2ccccn2)n(C)c1=O. The van der Waals surface area contributed by atoms with Gasteiger partial charge < -0.3 is 15.4 Å². The monoisotopic (exact) mass is 320 g/mol. The molecule has 2 rings (SSSR count). The van der Waals surface area contributed by atoms with Gasteiger partial charge in [0.15, 0.2) is 5.82 Å². The van der Waals surface area contributed by atoms with Gasteiger partial charge in [0, 0.05) is 33.4 Å². The highest BCUT2D eigenvalue weighted by Gasteiger charge is 2.12. The van der Waals surface area contributed by atoms with E-state index in [0.29, 0.717) is 24.7 Å². The second-order valence-electron chi connectivity index (χ2n) is 4.78. The van der Waals surface area contributed by atoms with Crippen LogP contribution in [0, 0.1) is 0 Å². The number of carbonyl (C=O) groups is 1. The van der Waals surface area contributed by atoms with E-state index in [-0.39, 0.29) is 24.8 Å². The second kappa shape index (κ2) is 8.08. The molecule has 0 unspecified atom stereocenters. The molecule has 0 atom stereocenters. The molecule has 0 bridgehead atoms. The average molecular weight is 320 g/mol. The minimum absolute atomic E-state index is 0.257. The van der Waals surface area contributed by atoms with Crippen LogP contribution < -0.4 is 16.3 Å². The summed E-state index contributed by atoms with van der Waals surface area (Å²) in [6.45, 7) is 1.44. The van der Waals surface area contributed by atoms with Gasteiger partial charge in [-0.3, -0.25) is 9.55 Å². The van der Waals surface area contributed by atoms with E-state index in [1.807, 2.05) is 6.07 Å². The van der Waals surface area contributed by atoms with Crippen LogP contribution in [0.5, 0.6) is 0 Å². The maximum atomic E-state index is 12.1. The highest BCUT2D eigenvalue weighted by Crippen LogP contribution is 2.09. The molecule has 0 fully saturated rings. The van der Waals surface area contributed by atoms with Crippen LogP contribution in [0.2, 0.25) is 0 Å². The number of rotatable bonds is 7. The second-order valence-corrected chi connectivity index (χ2v) is 4.78. The Morgan fingerprint density at radius 2 is 2.09 bits per heavy atom. The fourth-order valence-corrected chi connectivity index (χ4v) is 1.96. The fraction of sp³-hybridized carbons (Fsp3) is 0.429. The normalized spacial score (nSPS) is 10.5. The number of ether oxygens (including phenoxy) is 1. The van der Waals surface area contributed by atoms with E-state index in [0.717, 1.165) is 0 Å². The molecule has 0 saturated heterocycles. The van der Waals surface area contributed by atoms with E-state index in [2.05, 4.69) is 20.7 Å². The molecule has 124 valence electrons. The number of hydrogen-bond acceptors (Lipinski definition) is 5. The minimum Gasteiger partial charge on any atom is -0.383 e. The third kappa shape index (κ3) is 4.39. The molecule has 2 heterocycles. The Bertz CT molecular complexity index is 694. The van der Waals surface area contributed by atoms with E-state index in [9.17, 15) is 9.59 Å². The van der Waals surface area contributed by atoms with Crippen LogP contribution in [0.3, 0.4) is 0 Å². The first-order chi connectivity index (χ1) is 11.1. The van der Waals surface area contributed by atoms with Crippen molar-refractivity contribution in [2.45, 2.75) is 6.54 Å². The van der Waals surface area contributed by atoms with Gasteiger partial charge in [-0.15, -0.1) is 5.10 Å². The highest BCUT2D eigenvalue weighted by atomic mass is 16.5. The van der Waals surface area contributed by atoms with Crippen molar-refractivity contribution in [3.05, 3.63) is 34.9 Å². The first-order valence-corrected chi connectivity index (χ1v) is 7.19. The van der Waals surface area contributed by atoms with Gasteiger partial charge in [-0.2, -0.15) is 0 Å². The molecular formula is C14H20N6O3. The number of nitrogens with one attached hydrogen (secondary N) is 2. The summed E-state index contributed by atoms with van der Waals surface area (Å²) >= 11 is 0. The van der Waals surface area contributed by atoms with Crippen LogP contribution in [0.15, 0.2) is 29.2 Å². The van der Waals surface area contributed by atoms with Crippen LogP contribution in [0.25, 0.3) is 11.5 Å². The summed E-state index contributed by atoms with van der Waals surface area (Å²) in [5, 5.41) is 9.55. The van der Waals surface area contributed by atoms with Crippen LogP contribution in [-0.4, -0.2) is 52.2 Å². The third-order valence-electron chi connectivity index (χ3n) is 3.14. The summed E-state index contributed by atoms with van der Waals surface area (Å²) in [6, 6.07) is 5.10. The molecule has 2 aromatic rings. The Morgan fingerprint density at radius 3 is 2.78 bits per heavy atom. The van der Waals surface area contributed by atoms with Crippen molar-refractivity contribution in [1.29, 1.82) is 0 Å². The number of pyridine rings is 1. The lowest BCUT2D eigenvalue weighted by Crippen LogP contribution is -2.39. The van der Waals surface area contributed by atoms with Gasteiger partial charge in [0.1, 0.15) is 5.69 Å². The summed E-state index contributed by atoms with van der Waals surface area (Å²) < 4.78 is 7.57. The molecule has 2 aromatic heterocycles. The van der Waals surface area contributed by atoms with Crippen LogP contribution in [-0.2, 0) is 18.3 Å². The molecule has 0 aliphatic rings. The first kappa shape index (κ1) is 16.7. The highest BCUT2D eigenvalue weighted by molar-refractivity contribution is 5.73. The Kier molecular flexibility index (Phi) is 5.87. The number of nitrogens with zero attached hydrogens (tertiary/aromatic N) is 4. The van der Waals surface area contributed by atoms with Gasteiger partial charge in [-0.05, 0) is 12.1 Å². The van der Waals surface area contributed by atoms with E-state index in [1.54, 1.807) is 32.5 Å². The summed E-state index contributed by atoms with van der Waals surface area (Å²) in [5.74, 6) is 0.486. The molecule has 0 aliphatic heterocycles. The number of amides is 2. The smallest absolute Gasteiger partial charge is 0.346 e. The van der Waals surface area contributed by atoms with E-state index < -0.39 is 0 Å². The van der Waals surface area contributed by atoms with E-state index >= 15 is 0 Å². The van der Waals surface area contributed by atoms with Crippen molar-refractivity contribution >= 4 is 6.03 Å². The fourth-order valence-electron chi connectivity index (χ4n) is 1.96. The van der Waals surface area contributed by atoms with Crippen molar-refractivity contribution in [3.8, 4) is 11.5 Å². The van der Waals surface area contributed by atoms with Gasteiger partial charge in [-0.25, -0.2) is 14.3 Å². The van der Waals surface area contributed by atoms with E-state index in [1.165, 1.54) is 9.25 Å². The number of urea groups is 1. The Hall–Kier alpha value is -2.68. The Labute approximate surface area is 133 Å². The van der Waals surface area contributed by atoms with Gasteiger partial charge in [0.05, 0.1) is 13.2 Å². The summed E-state index contributed by atoms with van der Waals surface area (Å²) in [7, 11) is 3.20. The first-order valence-electron chi connectivity index (χ1n) is 7.19. The largest absolute Gasteiger partial charge is 0.383 e. The summed E-state index contributed by atoms with van der Waals surface area (Å²) in [6.07, 6.45) is 1.64. The zero-order valence-electron chi connectivity index (χ0n) is 13.2. The van der Waals surface area contributed by atoms with Crippen molar-refractivity contribution in [3.63, 3.8) is 0 Å². The molecule has 0 radical (unpaired) electrons. The lowest BCUT2D eigenvalue weighted by atomic mass is 10.3. The summed E-state index contributed by atoms with van der Waals surface area (Å²) in [5.41, 5.74) is 0.364. The number of carbonyl (C=O) groups excluding carboxylic acids is 1. The number of hydrogen-bond donors (Lipinski definition) is 2. The predicted molar refractivity (Wildman–Crippen MR) is 84.0 cm³/mol. The van der Waals surface area contributed by atoms with Gasteiger partial charge in [0.25, 0.3) is 0 Å². The predicted octanol–water partition coefficient (Wildman–Crippen LogP) is -0.411. The minimum atomic E-state index is -0.309. The molecule has 0 spiro atoms. The van der Waals surface area contributed by atoms with Crippen molar-refractivity contribution < 1.29 is 9.53 Å². The molecule has 0 aromatic carbocycles. The number of aromatic nitrogens is 4. The average Bonchev–Trinajstić information content (AvgIpc) is 2.84. The molecular weight excluding hydrogens is 300 g/mol. The lowest BCUT2D eigenvalue weighted by molar-refractivity contribution is 0.196. The molecule has 9 nitrogen and oxygen atoms in total. The maximum Gasteiger partial charge on any atom is 0.346 e. The molecule has 2 N–H and O–H groups in total. The van der Waals surface area contributed by atoms with Crippen molar-refractivity contribution in [1.82, 2.24) is 30.0 Å². The Balaban J connectivity index is 1.94. The number of methoxy groups -OCH3 is 1. The Morgan fingerprint density at radius 1 is 1.30 bits per heavy atom. The van der Waals surface area contributed by atoms with Crippen LogP contribution >= 0.6 is 0 Å². The standard InChI is InChI=1S/C14H20N6O3/c1-19-12(11-5-3-4-6-15-11)18-20(14(19)22)9-7-16-13(21)17-8-10-23-2/h3-6H,7-10H2,1-2H3,(H2,16,17,21). The third-order valence-corrected chi connectivity index (χ3v) is 3.14. The molecule has 9 heteroatoms. The molecule has 2 amide bonds. The van der Waals surface area contributed by atoms with Gasteiger partial charge >= 0.3 is 11.7 Å². The maximum absolute atomic E-state index is 12.1. The van der Waals surface area contributed by atoms with Gasteiger partial charge in [-0.1, -0.05) is 6.07 Å². The van der Waals surface area contributed by atoms with Crippen molar-refractivity contribution in [2.24, 2.45) is 7.05 Å². The van der Waals surface area contributed by atoms with Gasteiger partial charge in [0.2, 0.25) is 0 Å². The molecule has 23 heavy (non-hydrogen) atoms. The van der Waals surface area contributed by atoms with E-state index in [4.69, 9.17) is 4.74 Å². The topological polar surface area (TPSA) is 103 Å². The lowest BCUT2D eigenvalue weighted by Gasteiger charge is -2.06. The molecule has 0 saturated carbocycles. The summed E-state index contributed by atoms with van der Waals surface area (Å²) in [4.78, 5) is 27.8. The quantitative estimate of drug-likeness (QED) is 0.675. The molecule has 0 aliphatic carbocycles. The zero-order chi connectivity index (χ0) is 16.7.